The summed E-state index contributed by atoms with van der Waals surface area (Å²) in [5.41, 5.74) is 7.37. The van der Waals surface area contributed by atoms with Crippen LogP contribution in [0.3, 0.4) is 0 Å². The zero-order valence-corrected chi connectivity index (χ0v) is 12.9. The van der Waals surface area contributed by atoms with Crippen LogP contribution in [0.4, 0.5) is 0 Å². The quantitative estimate of drug-likeness (QED) is 0.810. The fourth-order valence-corrected chi connectivity index (χ4v) is 3.52. The van der Waals surface area contributed by atoms with E-state index >= 15 is 0 Å². The minimum Gasteiger partial charge on any atom is -0.497 e. The molecule has 2 N–H and O–H groups in total. The Morgan fingerprint density at radius 1 is 1.33 bits per heavy atom. The average molecular weight is 308 g/mol. The summed E-state index contributed by atoms with van der Waals surface area (Å²) in [6, 6.07) is 5.73. The maximum atomic E-state index is 11.5. The molecule has 1 aliphatic rings. The summed E-state index contributed by atoms with van der Waals surface area (Å²) in [5, 5.41) is 0. The third kappa shape index (κ3) is 4.46. The summed E-state index contributed by atoms with van der Waals surface area (Å²) >= 11 is 0. The van der Waals surface area contributed by atoms with E-state index in [1.165, 1.54) is 0 Å². The molecular formula is C15H20N2O3S. The van der Waals surface area contributed by atoms with Gasteiger partial charge in [-0.05, 0) is 23.8 Å². The lowest BCUT2D eigenvalue weighted by molar-refractivity contribution is 0.287. The molecule has 1 saturated heterocycles. The first-order chi connectivity index (χ1) is 10.0. The third-order valence-electron chi connectivity index (χ3n) is 3.47. The number of hydrogen-bond donors (Lipinski definition) is 1. The molecule has 2 rings (SSSR count). The van der Waals surface area contributed by atoms with Gasteiger partial charge in [0.05, 0.1) is 25.2 Å². The van der Waals surface area contributed by atoms with Gasteiger partial charge in [-0.25, -0.2) is 8.42 Å². The van der Waals surface area contributed by atoms with Gasteiger partial charge in [-0.15, -0.1) is 0 Å². The van der Waals surface area contributed by atoms with Gasteiger partial charge in [0.1, 0.15) is 5.75 Å². The molecule has 0 aliphatic carbocycles. The summed E-state index contributed by atoms with van der Waals surface area (Å²) in [5.74, 6) is 7.13. The van der Waals surface area contributed by atoms with Crippen LogP contribution in [0.2, 0.25) is 0 Å². The van der Waals surface area contributed by atoms with E-state index in [0.717, 1.165) is 16.9 Å². The molecule has 1 aromatic rings. The van der Waals surface area contributed by atoms with Crippen molar-refractivity contribution in [2.75, 3.05) is 38.2 Å². The summed E-state index contributed by atoms with van der Waals surface area (Å²) in [6.07, 6.45) is 0. The first-order valence-electron chi connectivity index (χ1n) is 6.83. The summed E-state index contributed by atoms with van der Waals surface area (Å²) in [6.45, 7) is 2.10. The lowest BCUT2D eigenvalue weighted by atomic mass is 10.1. The highest BCUT2D eigenvalue weighted by atomic mass is 32.2. The van der Waals surface area contributed by atoms with E-state index in [1.54, 1.807) is 7.11 Å². The number of benzene rings is 1. The molecule has 0 atom stereocenters. The monoisotopic (exact) mass is 308 g/mol. The van der Waals surface area contributed by atoms with E-state index in [-0.39, 0.29) is 11.5 Å². The minimum atomic E-state index is -2.86. The van der Waals surface area contributed by atoms with Crippen LogP contribution in [0.1, 0.15) is 11.1 Å². The largest absolute Gasteiger partial charge is 0.497 e. The van der Waals surface area contributed by atoms with Crippen molar-refractivity contribution in [3.8, 4) is 17.6 Å². The van der Waals surface area contributed by atoms with Crippen LogP contribution in [0.5, 0.6) is 5.75 Å². The number of nitrogens with zero attached hydrogens (tertiary/aromatic N) is 1. The fraction of sp³-hybridized carbons (Fsp3) is 0.467. The first kappa shape index (κ1) is 15.8. The van der Waals surface area contributed by atoms with Crippen LogP contribution in [-0.4, -0.2) is 51.6 Å². The van der Waals surface area contributed by atoms with E-state index in [2.05, 4.69) is 16.7 Å². The van der Waals surface area contributed by atoms with Gasteiger partial charge in [0.2, 0.25) is 0 Å². The predicted octanol–water partition coefficient (Wildman–Crippen LogP) is 0.236. The Morgan fingerprint density at radius 2 is 2.05 bits per heavy atom. The van der Waals surface area contributed by atoms with Gasteiger partial charge in [-0.3, -0.25) is 4.90 Å². The second kappa shape index (κ2) is 6.94. The molecule has 0 spiro atoms. The maximum absolute atomic E-state index is 11.5. The van der Waals surface area contributed by atoms with Gasteiger partial charge in [0.15, 0.2) is 9.84 Å². The molecule has 0 amide bonds. The van der Waals surface area contributed by atoms with Crippen LogP contribution in [0.25, 0.3) is 0 Å². The standard InChI is InChI=1S/C15H20N2O3S/c1-20-15-5-4-13(3-2-6-16)14(11-15)12-17-7-9-21(18,19)10-8-17/h4-5,11H,6-10,12,16H2,1H3. The number of nitrogens with two attached hydrogens (primary N) is 1. The zero-order chi connectivity index (χ0) is 15.3. The summed E-state index contributed by atoms with van der Waals surface area (Å²) in [4.78, 5) is 2.13. The number of ether oxygens (including phenoxy) is 1. The Balaban J connectivity index is 2.17. The highest BCUT2D eigenvalue weighted by Crippen LogP contribution is 2.20. The van der Waals surface area contributed by atoms with Crippen LogP contribution < -0.4 is 10.5 Å². The Morgan fingerprint density at radius 3 is 2.67 bits per heavy atom. The molecular weight excluding hydrogens is 288 g/mol. The molecule has 1 heterocycles. The molecule has 5 nitrogen and oxygen atoms in total. The van der Waals surface area contributed by atoms with E-state index in [9.17, 15) is 8.42 Å². The molecule has 21 heavy (non-hydrogen) atoms. The Labute approximate surface area is 126 Å². The van der Waals surface area contributed by atoms with Crippen molar-refractivity contribution >= 4 is 9.84 Å². The van der Waals surface area contributed by atoms with Gasteiger partial charge in [0.25, 0.3) is 0 Å². The first-order valence-corrected chi connectivity index (χ1v) is 8.65. The van der Waals surface area contributed by atoms with Crippen molar-refractivity contribution in [1.82, 2.24) is 4.90 Å². The summed E-state index contributed by atoms with van der Waals surface area (Å²) < 4.78 is 28.2. The molecule has 0 unspecified atom stereocenters. The van der Waals surface area contributed by atoms with Gasteiger partial charge in [-0.2, -0.15) is 0 Å². The summed E-state index contributed by atoms with van der Waals surface area (Å²) in [7, 11) is -1.23. The Hall–Kier alpha value is -1.55. The van der Waals surface area contributed by atoms with E-state index in [0.29, 0.717) is 26.2 Å². The lowest BCUT2D eigenvalue weighted by Gasteiger charge is -2.27. The molecule has 1 aromatic carbocycles. The second-order valence-corrected chi connectivity index (χ2v) is 7.26. The highest BCUT2D eigenvalue weighted by molar-refractivity contribution is 7.91. The molecule has 0 saturated carbocycles. The molecule has 0 radical (unpaired) electrons. The van der Waals surface area contributed by atoms with Gasteiger partial charge < -0.3 is 10.5 Å². The van der Waals surface area contributed by atoms with Crippen molar-refractivity contribution < 1.29 is 13.2 Å². The third-order valence-corrected chi connectivity index (χ3v) is 5.08. The smallest absolute Gasteiger partial charge is 0.152 e. The van der Waals surface area contributed by atoms with Crippen molar-refractivity contribution in [2.45, 2.75) is 6.54 Å². The van der Waals surface area contributed by atoms with E-state index in [4.69, 9.17) is 10.5 Å². The normalized spacial score (nSPS) is 17.8. The lowest BCUT2D eigenvalue weighted by Crippen LogP contribution is -2.39. The van der Waals surface area contributed by atoms with Crippen molar-refractivity contribution in [3.63, 3.8) is 0 Å². The van der Waals surface area contributed by atoms with Gasteiger partial charge >= 0.3 is 0 Å². The minimum absolute atomic E-state index is 0.223. The van der Waals surface area contributed by atoms with Crippen molar-refractivity contribution in [3.05, 3.63) is 29.3 Å². The Kier molecular flexibility index (Phi) is 5.23. The van der Waals surface area contributed by atoms with Crippen molar-refractivity contribution in [1.29, 1.82) is 0 Å². The number of sulfone groups is 1. The topological polar surface area (TPSA) is 72.6 Å². The fourth-order valence-electron chi connectivity index (χ4n) is 2.25. The maximum Gasteiger partial charge on any atom is 0.152 e. The van der Waals surface area contributed by atoms with Gasteiger partial charge in [0, 0.05) is 25.2 Å². The molecule has 0 aromatic heterocycles. The SMILES string of the molecule is COc1ccc(C#CCN)c(CN2CCS(=O)(=O)CC2)c1. The predicted molar refractivity (Wildman–Crippen MR) is 82.9 cm³/mol. The van der Waals surface area contributed by atoms with Gasteiger partial charge in [-0.1, -0.05) is 11.8 Å². The van der Waals surface area contributed by atoms with Crippen molar-refractivity contribution in [2.24, 2.45) is 5.73 Å². The highest BCUT2D eigenvalue weighted by Gasteiger charge is 2.22. The van der Waals surface area contributed by atoms with Crippen LogP contribution >= 0.6 is 0 Å². The molecule has 1 fully saturated rings. The number of hydrogen-bond acceptors (Lipinski definition) is 5. The van der Waals surface area contributed by atoms with E-state index < -0.39 is 9.84 Å². The molecule has 0 bridgehead atoms. The van der Waals surface area contributed by atoms with Crippen LogP contribution in [-0.2, 0) is 16.4 Å². The molecule has 6 heteroatoms. The average Bonchev–Trinajstić information content (AvgIpc) is 2.48. The Bertz CT molecular complexity index is 645. The number of methoxy groups -OCH3 is 1. The molecule has 114 valence electrons. The van der Waals surface area contributed by atoms with Crippen LogP contribution in [0, 0.1) is 11.8 Å². The van der Waals surface area contributed by atoms with Crippen LogP contribution in [0.15, 0.2) is 18.2 Å². The molecule has 1 aliphatic heterocycles. The zero-order valence-electron chi connectivity index (χ0n) is 12.1. The number of rotatable bonds is 3. The second-order valence-electron chi connectivity index (χ2n) is 4.96. The van der Waals surface area contributed by atoms with E-state index in [1.807, 2.05) is 18.2 Å².